The first-order valence-electron chi connectivity index (χ1n) is 8.44. The van der Waals surface area contributed by atoms with Crippen molar-refractivity contribution in [2.24, 2.45) is 11.3 Å². The van der Waals surface area contributed by atoms with Crippen LogP contribution < -0.4 is 10.1 Å². The highest BCUT2D eigenvalue weighted by Gasteiger charge is 2.54. The smallest absolute Gasteiger partial charge is 0.311 e. The van der Waals surface area contributed by atoms with Crippen LogP contribution in [-0.2, 0) is 9.59 Å². The highest BCUT2D eigenvalue weighted by Crippen LogP contribution is 2.48. The topological polar surface area (TPSA) is 122 Å². The van der Waals surface area contributed by atoms with Crippen molar-refractivity contribution in [2.45, 2.75) is 19.3 Å². The molecule has 0 spiro atoms. The molecule has 1 saturated carbocycles. The molecule has 148 valence electrons. The van der Waals surface area contributed by atoms with E-state index in [1.165, 1.54) is 25.3 Å². The number of carboxylic acids is 1. The standard InChI is InChI=1S/C17H21N3O6.ClH/c1-26-14-7-12(20(24)25)4-5-13(14)18-15(21)9-19-8-11-3-2-6-17(11,10-19)16(22)23;/h4-5,7,11H,2-3,6,8-10H2,1H3,(H,18,21)(H,22,23);1H/t11-,17+;/m0./s1. The minimum absolute atomic E-state index is 0. The van der Waals surface area contributed by atoms with Crippen molar-refractivity contribution in [1.29, 1.82) is 0 Å². The number of anilines is 1. The molecule has 2 fully saturated rings. The van der Waals surface area contributed by atoms with E-state index in [0.717, 1.165) is 12.8 Å². The number of hydrogen-bond acceptors (Lipinski definition) is 6. The molecule has 1 aliphatic heterocycles. The van der Waals surface area contributed by atoms with Crippen molar-refractivity contribution < 1.29 is 24.4 Å². The zero-order valence-corrected chi connectivity index (χ0v) is 15.7. The first-order valence-corrected chi connectivity index (χ1v) is 8.44. The number of nitrogens with one attached hydrogen (secondary N) is 1. The predicted octanol–water partition coefficient (Wildman–Crippen LogP) is 2.15. The molecule has 2 atom stereocenters. The molecule has 27 heavy (non-hydrogen) atoms. The third-order valence-electron chi connectivity index (χ3n) is 5.40. The van der Waals surface area contributed by atoms with Gasteiger partial charge in [0.2, 0.25) is 5.91 Å². The average molecular weight is 400 g/mol. The van der Waals surface area contributed by atoms with Crippen LogP contribution in [0.1, 0.15) is 19.3 Å². The summed E-state index contributed by atoms with van der Waals surface area (Å²) in [6.07, 6.45) is 2.44. The van der Waals surface area contributed by atoms with Gasteiger partial charge in [0.15, 0.2) is 0 Å². The van der Waals surface area contributed by atoms with E-state index in [4.69, 9.17) is 4.74 Å². The summed E-state index contributed by atoms with van der Waals surface area (Å²) in [5.74, 6) is -0.799. The van der Waals surface area contributed by atoms with Crippen LogP contribution in [0.25, 0.3) is 0 Å². The van der Waals surface area contributed by atoms with E-state index in [0.29, 0.717) is 25.2 Å². The molecule has 10 heteroatoms. The second-order valence-corrected chi connectivity index (χ2v) is 6.91. The normalized spacial score (nSPS) is 24.0. The van der Waals surface area contributed by atoms with Crippen LogP contribution in [0.2, 0.25) is 0 Å². The molecule has 0 bridgehead atoms. The summed E-state index contributed by atoms with van der Waals surface area (Å²) in [4.78, 5) is 36.2. The molecule has 1 amide bonds. The Morgan fingerprint density at radius 3 is 2.81 bits per heavy atom. The lowest BCUT2D eigenvalue weighted by Gasteiger charge is -2.23. The molecule has 0 radical (unpaired) electrons. The van der Waals surface area contributed by atoms with Gasteiger partial charge in [-0.15, -0.1) is 12.4 Å². The van der Waals surface area contributed by atoms with E-state index in [2.05, 4.69) is 5.32 Å². The lowest BCUT2D eigenvalue weighted by molar-refractivity contribution is -0.384. The van der Waals surface area contributed by atoms with E-state index < -0.39 is 16.3 Å². The Morgan fingerprint density at radius 1 is 1.48 bits per heavy atom. The molecule has 1 heterocycles. The Hall–Kier alpha value is -2.39. The summed E-state index contributed by atoms with van der Waals surface area (Å²) in [5.41, 5.74) is -0.517. The maximum atomic E-state index is 12.4. The molecule has 1 aliphatic carbocycles. The molecule has 0 aromatic heterocycles. The number of methoxy groups -OCH3 is 1. The summed E-state index contributed by atoms with van der Waals surface area (Å²) in [6.45, 7) is 1.04. The number of amides is 1. The molecule has 0 unspecified atom stereocenters. The Kier molecular flexibility index (Phi) is 6.27. The van der Waals surface area contributed by atoms with Gasteiger partial charge in [0.1, 0.15) is 5.75 Å². The summed E-state index contributed by atoms with van der Waals surface area (Å²) >= 11 is 0. The summed E-state index contributed by atoms with van der Waals surface area (Å²) in [6, 6.07) is 3.96. The fourth-order valence-corrected chi connectivity index (χ4v) is 4.15. The number of nitrogens with zero attached hydrogens (tertiary/aromatic N) is 2. The Morgan fingerprint density at radius 2 is 2.22 bits per heavy atom. The SMILES string of the molecule is COc1cc([N+](=O)[O-])ccc1NC(=O)CN1C[C@@H]2CCC[C@@]2(C(=O)O)C1.Cl. The quantitative estimate of drug-likeness (QED) is 0.555. The van der Waals surface area contributed by atoms with Gasteiger partial charge in [0, 0.05) is 19.2 Å². The number of carbonyl (C=O) groups excluding carboxylic acids is 1. The van der Waals surface area contributed by atoms with Gasteiger partial charge in [-0.05, 0) is 24.8 Å². The fourth-order valence-electron chi connectivity index (χ4n) is 4.15. The van der Waals surface area contributed by atoms with Crippen LogP contribution >= 0.6 is 12.4 Å². The number of ether oxygens (including phenoxy) is 1. The minimum Gasteiger partial charge on any atom is -0.494 e. The van der Waals surface area contributed by atoms with Crippen LogP contribution in [0, 0.1) is 21.4 Å². The largest absolute Gasteiger partial charge is 0.494 e. The number of nitro benzene ring substituents is 1. The van der Waals surface area contributed by atoms with Crippen LogP contribution in [-0.4, -0.2) is 53.6 Å². The van der Waals surface area contributed by atoms with Gasteiger partial charge in [-0.2, -0.15) is 0 Å². The molecular formula is C17H22ClN3O6. The second-order valence-electron chi connectivity index (χ2n) is 6.91. The number of non-ortho nitro benzene ring substituents is 1. The van der Waals surface area contributed by atoms with Crippen molar-refractivity contribution in [2.75, 3.05) is 32.1 Å². The monoisotopic (exact) mass is 399 g/mol. The van der Waals surface area contributed by atoms with Crippen molar-refractivity contribution in [1.82, 2.24) is 4.90 Å². The first-order chi connectivity index (χ1) is 12.4. The summed E-state index contributed by atoms with van der Waals surface area (Å²) in [7, 11) is 1.37. The number of benzene rings is 1. The third kappa shape index (κ3) is 3.98. The number of carbonyl (C=O) groups is 2. The van der Waals surface area contributed by atoms with Gasteiger partial charge < -0.3 is 15.2 Å². The van der Waals surface area contributed by atoms with Crippen molar-refractivity contribution in [3.63, 3.8) is 0 Å². The van der Waals surface area contributed by atoms with E-state index >= 15 is 0 Å². The van der Waals surface area contributed by atoms with E-state index in [9.17, 15) is 24.8 Å². The number of likely N-dealkylation sites (tertiary alicyclic amines) is 1. The number of rotatable bonds is 6. The van der Waals surface area contributed by atoms with E-state index in [1.54, 1.807) is 0 Å². The number of halogens is 1. The van der Waals surface area contributed by atoms with Gasteiger partial charge in [-0.3, -0.25) is 24.6 Å². The van der Waals surface area contributed by atoms with Crippen LogP contribution in [0.15, 0.2) is 18.2 Å². The number of aliphatic carboxylic acids is 1. The van der Waals surface area contributed by atoms with Crippen LogP contribution in [0.3, 0.4) is 0 Å². The number of fused-ring (bicyclic) bond motifs is 1. The minimum atomic E-state index is -0.778. The van der Waals surface area contributed by atoms with Crippen molar-refractivity contribution >= 4 is 35.7 Å². The number of hydrogen-bond donors (Lipinski definition) is 2. The van der Waals surface area contributed by atoms with Gasteiger partial charge in [0.05, 0.1) is 35.7 Å². The summed E-state index contributed by atoms with van der Waals surface area (Å²) in [5, 5.41) is 23.1. The van der Waals surface area contributed by atoms with Gasteiger partial charge in [-0.25, -0.2) is 0 Å². The molecular weight excluding hydrogens is 378 g/mol. The van der Waals surface area contributed by atoms with Gasteiger partial charge in [0.25, 0.3) is 5.69 Å². The van der Waals surface area contributed by atoms with Crippen molar-refractivity contribution in [3.8, 4) is 5.75 Å². The van der Waals surface area contributed by atoms with Crippen LogP contribution in [0.4, 0.5) is 11.4 Å². The molecule has 2 N–H and O–H groups in total. The zero-order valence-electron chi connectivity index (χ0n) is 14.8. The molecule has 3 rings (SSSR count). The second kappa shape index (κ2) is 8.10. The molecule has 1 saturated heterocycles. The van der Waals surface area contributed by atoms with Crippen molar-refractivity contribution in [3.05, 3.63) is 28.3 Å². The lowest BCUT2D eigenvalue weighted by Crippen LogP contribution is -2.37. The third-order valence-corrected chi connectivity index (χ3v) is 5.40. The maximum Gasteiger partial charge on any atom is 0.311 e. The fraction of sp³-hybridized carbons (Fsp3) is 0.529. The maximum absolute atomic E-state index is 12.4. The molecule has 9 nitrogen and oxygen atoms in total. The molecule has 2 aliphatic rings. The summed E-state index contributed by atoms with van der Waals surface area (Å²) < 4.78 is 5.10. The Labute approximate surface area is 162 Å². The lowest BCUT2D eigenvalue weighted by atomic mass is 9.81. The average Bonchev–Trinajstić information content (AvgIpc) is 3.12. The van der Waals surface area contributed by atoms with Gasteiger partial charge in [-0.1, -0.05) is 6.42 Å². The molecule has 1 aromatic carbocycles. The van der Waals surface area contributed by atoms with Gasteiger partial charge >= 0.3 is 5.97 Å². The number of carboxylic acid groups (broad SMARTS) is 1. The van der Waals surface area contributed by atoms with E-state index in [1.807, 2.05) is 4.90 Å². The zero-order chi connectivity index (χ0) is 18.9. The molecule has 1 aromatic rings. The first kappa shape index (κ1) is 20.9. The Bertz CT molecular complexity index is 758. The number of nitro groups is 1. The highest BCUT2D eigenvalue weighted by atomic mass is 35.5. The van der Waals surface area contributed by atoms with E-state index in [-0.39, 0.29) is 42.2 Å². The highest BCUT2D eigenvalue weighted by molar-refractivity contribution is 5.94. The van der Waals surface area contributed by atoms with Crippen LogP contribution in [0.5, 0.6) is 5.75 Å². The Balaban J connectivity index is 0.00000261. The predicted molar refractivity (Wildman–Crippen MR) is 99.4 cm³/mol.